The molecule has 0 amide bonds. The topological polar surface area (TPSA) is 49.7 Å². The molecule has 1 aliphatic heterocycles. The van der Waals surface area contributed by atoms with E-state index in [0.29, 0.717) is 6.42 Å². The van der Waals surface area contributed by atoms with E-state index in [2.05, 4.69) is 0 Å². The van der Waals surface area contributed by atoms with Crippen LogP contribution >= 0.6 is 0 Å². The summed E-state index contributed by atoms with van der Waals surface area (Å²) in [6, 6.07) is 0. The molecule has 1 heterocycles. The zero-order chi connectivity index (χ0) is 6.85. The van der Waals surface area contributed by atoms with Gasteiger partial charge in [0.2, 0.25) is 0 Å². The Hall–Kier alpha value is -0.120. The molecule has 3 atom stereocenters. The van der Waals surface area contributed by atoms with Gasteiger partial charge in [-0.25, -0.2) is 0 Å². The van der Waals surface area contributed by atoms with Gasteiger partial charge in [0.1, 0.15) is 0 Å². The molecule has 0 aliphatic carbocycles. The van der Waals surface area contributed by atoms with Gasteiger partial charge in [0, 0.05) is 6.42 Å². The molecule has 2 N–H and O–H groups in total. The van der Waals surface area contributed by atoms with Gasteiger partial charge >= 0.3 is 0 Å². The van der Waals surface area contributed by atoms with Crippen LogP contribution in [-0.4, -0.2) is 35.1 Å². The quantitative estimate of drug-likeness (QED) is 0.506. The van der Waals surface area contributed by atoms with Gasteiger partial charge in [-0.15, -0.1) is 0 Å². The summed E-state index contributed by atoms with van der Waals surface area (Å²) in [6.07, 6.45) is -0.0724. The highest BCUT2D eigenvalue weighted by molar-refractivity contribution is 4.77. The van der Waals surface area contributed by atoms with Crippen LogP contribution in [0.1, 0.15) is 13.3 Å². The summed E-state index contributed by atoms with van der Waals surface area (Å²) in [7, 11) is 0. The summed E-state index contributed by atoms with van der Waals surface area (Å²) in [6.45, 7) is 1.82. The van der Waals surface area contributed by atoms with E-state index in [9.17, 15) is 0 Å². The van der Waals surface area contributed by atoms with Gasteiger partial charge in [0.15, 0.2) is 0 Å². The molecule has 1 fully saturated rings. The van der Waals surface area contributed by atoms with Crippen LogP contribution in [0.4, 0.5) is 0 Å². The van der Waals surface area contributed by atoms with Crippen molar-refractivity contribution in [3.63, 3.8) is 0 Å². The zero-order valence-corrected chi connectivity index (χ0v) is 5.45. The minimum absolute atomic E-state index is 0.0153. The van der Waals surface area contributed by atoms with Crippen molar-refractivity contribution in [2.24, 2.45) is 0 Å². The lowest BCUT2D eigenvalue weighted by Crippen LogP contribution is -2.15. The molecule has 0 aromatic heterocycles. The Balaban J connectivity index is 2.35. The predicted octanol–water partition coefficient (Wildman–Crippen LogP) is -0.483. The summed E-state index contributed by atoms with van der Waals surface area (Å²) >= 11 is 0. The third-order valence-corrected chi connectivity index (χ3v) is 1.66. The third-order valence-electron chi connectivity index (χ3n) is 1.66. The Morgan fingerprint density at radius 2 is 2.33 bits per heavy atom. The largest absolute Gasteiger partial charge is 0.394 e. The van der Waals surface area contributed by atoms with Gasteiger partial charge in [0.25, 0.3) is 0 Å². The number of hydrogen-bond donors (Lipinski definition) is 2. The molecule has 0 saturated carbocycles. The van der Waals surface area contributed by atoms with E-state index < -0.39 is 0 Å². The predicted molar refractivity (Wildman–Crippen MR) is 32.0 cm³/mol. The third kappa shape index (κ3) is 1.41. The van der Waals surface area contributed by atoms with Crippen molar-refractivity contribution < 1.29 is 14.9 Å². The number of aliphatic hydroxyl groups excluding tert-OH is 2. The van der Waals surface area contributed by atoms with Gasteiger partial charge in [-0.1, -0.05) is 0 Å². The minimum Gasteiger partial charge on any atom is -0.394 e. The Kier molecular flexibility index (Phi) is 2.05. The summed E-state index contributed by atoms with van der Waals surface area (Å²) in [5.74, 6) is 0. The second-order valence-electron chi connectivity index (χ2n) is 2.45. The van der Waals surface area contributed by atoms with E-state index in [1.165, 1.54) is 0 Å². The fourth-order valence-corrected chi connectivity index (χ4v) is 1.03. The first-order chi connectivity index (χ1) is 4.24. The van der Waals surface area contributed by atoms with Crippen LogP contribution in [-0.2, 0) is 4.74 Å². The Labute approximate surface area is 54.3 Å². The van der Waals surface area contributed by atoms with Crippen LogP contribution in [0, 0.1) is 0 Å². The first-order valence-corrected chi connectivity index (χ1v) is 3.18. The molecule has 0 bridgehead atoms. The van der Waals surface area contributed by atoms with Gasteiger partial charge in [-0.3, -0.25) is 0 Å². The highest BCUT2D eigenvalue weighted by atomic mass is 16.5. The standard InChI is InChI=1S/C6H12O3/c1-4-6(8)2-5(3-7)9-4/h4-8H,2-3H2,1H3/t4?,5?,6-/m0/s1. The number of rotatable bonds is 1. The summed E-state index contributed by atoms with van der Waals surface area (Å²) < 4.78 is 5.12. The van der Waals surface area contributed by atoms with Gasteiger partial charge in [0.05, 0.1) is 24.9 Å². The monoisotopic (exact) mass is 132 g/mol. The maximum absolute atomic E-state index is 9.06. The molecule has 0 radical (unpaired) electrons. The van der Waals surface area contributed by atoms with Gasteiger partial charge < -0.3 is 14.9 Å². The van der Waals surface area contributed by atoms with E-state index >= 15 is 0 Å². The number of ether oxygens (including phenoxy) is 1. The van der Waals surface area contributed by atoms with Gasteiger partial charge in [-0.05, 0) is 6.92 Å². The highest BCUT2D eigenvalue weighted by Crippen LogP contribution is 2.18. The first-order valence-electron chi connectivity index (χ1n) is 3.18. The van der Waals surface area contributed by atoms with Crippen molar-refractivity contribution in [3.05, 3.63) is 0 Å². The minimum atomic E-state index is -0.387. The SMILES string of the molecule is CC1OC(CO)C[C@@H]1O. The van der Waals surface area contributed by atoms with E-state index in [1.807, 2.05) is 0 Å². The Morgan fingerprint density at radius 1 is 1.67 bits per heavy atom. The second-order valence-corrected chi connectivity index (χ2v) is 2.45. The van der Waals surface area contributed by atoms with Crippen LogP contribution < -0.4 is 0 Å². The normalized spacial score (nSPS) is 43.7. The molecule has 1 aliphatic rings. The van der Waals surface area contributed by atoms with Crippen molar-refractivity contribution in [2.45, 2.75) is 31.7 Å². The second kappa shape index (κ2) is 2.64. The van der Waals surface area contributed by atoms with Crippen molar-refractivity contribution in [1.82, 2.24) is 0 Å². The molecule has 2 unspecified atom stereocenters. The lowest BCUT2D eigenvalue weighted by Gasteiger charge is -2.05. The van der Waals surface area contributed by atoms with E-state index in [-0.39, 0.29) is 24.9 Å². The average molecular weight is 132 g/mol. The van der Waals surface area contributed by atoms with Crippen LogP contribution in [0.2, 0.25) is 0 Å². The molecule has 0 aromatic carbocycles. The molecule has 3 nitrogen and oxygen atoms in total. The maximum Gasteiger partial charge on any atom is 0.0836 e. The molecule has 1 saturated heterocycles. The molecule has 9 heavy (non-hydrogen) atoms. The number of aliphatic hydroxyl groups is 2. The zero-order valence-electron chi connectivity index (χ0n) is 5.45. The molecule has 54 valence electrons. The fraction of sp³-hybridized carbons (Fsp3) is 1.00. The Morgan fingerprint density at radius 3 is 2.56 bits per heavy atom. The van der Waals surface area contributed by atoms with Crippen LogP contribution in [0.25, 0.3) is 0 Å². The van der Waals surface area contributed by atoms with Crippen molar-refractivity contribution in [2.75, 3.05) is 6.61 Å². The van der Waals surface area contributed by atoms with Crippen LogP contribution in [0.15, 0.2) is 0 Å². The molecule has 0 spiro atoms. The highest BCUT2D eigenvalue weighted by Gasteiger charge is 2.29. The molecule has 3 heteroatoms. The molecule has 1 rings (SSSR count). The number of hydrogen-bond acceptors (Lipinski definition) is 3. The lowest BCUT2D eigenvalue weighted by molar-refractivity contribution is 0.000607. The first kappa shape index (κ1) is 6.99. The van der Waals surface area contributed by atoms with Crippen molar-refractivity contribution in [1.29, 1.82) is 0 Å². The summed E-state index contributed by atoms with van der Waals surface area (Å²) in [4.78, 5) is 0. The summed E-state index contributed by atoms with van der Waals surface area (Å²) in [5, 5.41) is 17.6. The molecular weight excluding hydrogens is 120 g/mol. The average Bonchev–Trinajstić information content (AvgIpc) is 2.13. The van der Waals surface area contributed by atoms with Crippen molar-refractivity contribution in [3.8, 4) is 0 Å². The Bertz CT molecular complexity index is 84.3. The van der Waals surface area contributed by atoms with Gasteiger partial charge in [-0.2, -0.15) is 0 Å². The van der Waals surface area contributed by atoms with Crippen molar-refractivity contribution >= 4 is 0 Å². The molecule has 0 aromatic rings. The fourth-order valence-electron chi connectivity index (χ4n) is 1.03. The smallest absolute Gasteiger partial charge is 0.0836 e. The van der Waals surface area contributed by atoms with E-state index in [4.69, 9.17) is 14.9 Å². The maximum atomic E-state index is 9.06. The van der Waals surface area contributed by atoms with Crippen LogP contribution in [0.5, 0.6) is 0 Å². The van der Waals surface area contributed by atoms with Crippen LogP contribution in [0.3, 0.4) is 0 Å². The summed E-state index contributed by atoms with van der Waals surface area (Å²) in [5.41, 5.74) is 0. The van der Waals surface area contributed by atoms with E-state index in [1.54, 1.807) is 6.92 Å². The lowest BCUT2D eigenvalue weighted by atomic mass is 10.2. The molecular formula is C6H12O3. The van der Waals surface area contributed by atoms with E-state index in [0.717, 1.165) is 0 Å².